The molecule has 0 spiro atoms. The van der Waals surface area contributed by atoms with E-state index in [-0.39, 0.29) is 6.04 Å². The molecule has 5 nitrogen and oxygen atoms in total. The molecule has 0 aromatic carbocycles. The quantitative estimate of drug-likeness (QED) is 0.835. The Bertz CT molecular complexity index is 425. The predicted octanol–water partition coefficient (Wildman–Crippen LogP) is 2.71. The second kappa shape index (κ2) is 6.59. The van der Waals surface area contributed by atoms with Crippen LogP contribution in [0.3, 0.4) is 0 Å². The van der Waals surface area contributed by atoms with Gasteiger partial charge in [-0.15, -0.1) is 0 Å². The van der Waals surface area contributed by atoms with Crippen LogP contribution >= 0.6 is 0 Å². The predicted molar refractivity (Wildman–Crippen MR) is 76.9 cm³/mol. The lowest BCUT2D eigenvalue weighted by atomic mass is 9.78. The van der Waals surface area contributed by atoms with E-state index in [1.54, 1.807) is 13.3 Å². The first kappa shape index (κ1) is 15.3. The summed E-state index contributed by atoms with van der Waals surface area (Å²) in [6, 6.07) is 0.209. The maximum Gasteiger partial charge on any atom is 0.162 e. The molecule has 1 saturated carbocycles. The molecule has 0 saturated heterocycles. The van der Waals surface area contributed by atoms with E-state index < -0.39 is 6.10 Å². The van der Waals surface area contributed by atoms with Crippen LogP contribution in [0.15, 0.2) is 6.20 Å². The molecular weight excluding hydrogens is 256 g/mol. The molecule has 1 aromatic rings. The lowest BCUT2D eigenvalue weighted by Gasteiger charge is -2.36. The molecule has 1 N–H and O–H groups in total. The molecule has 0 amide bonds. The highest BCUT2D eigenvalue weighted by Gasteiger charge is 2.33. The van der Waals surface area contributed by atoms with Gasteiger partial charge in [0.1, 0.15) is 5.69 Å². The van der Waals surface area contributed by atoms with Gasteiger partial charge in [-0.1, -0.05) is 0 Å². The molecule has 114 valence electrons. The molecular formula is C15H26N2O3. The Balaban J connectivity index is 1.99. The van der Waals surface area contributed by atoms with Gasteiger partial charge in [-0.05, 0) is 46.0 Å². The Labute approximate surface area is 120 Å². The van der Waals surface area contributed by atoms with Crippen LogP contribution < -0.4 is 4.74 Å². The maximum atomic E-state index is 10.5. The van der Waals surface area contributed by atoms with Gasteiger partial charge in [0.25, 0.3) is 0 Å². The van der Waals surface area contributed by atoms with Crippen LogP contribution in [-0.2, 0) is 4.74 Å². The van der Waals surface area contributed by atoms with Crippen LogP contribution in [0.4, 0.5) is 0 Å². The van der Waals surface area contributed by atoms with Crippen LogP contribution in [0.5, 0.6) is 5.75 Å². The van der Waals surface area contributed by atoms with Crippen molar-refractivity contribution in [2.45, 2.75) is 58.3 Å². The Kier molecular flexibility index (Phi) is 5.05. The Morgan fingerprint density at radius 2 is 2.15 bits per heavy atom. The highest BCUT2D eigenvalue weighted by molar-refractivity contribution is 5.27. The molecule has 0 radical (unpaired) electrons. The highest BCUT2D eigenvalue weighted by Crippen LogP contribution is 2.39. The van der Waals surface area contributed by atoms with Crippen LogP contribution in [-0.4, -0.2) is 34.7 Å². The van der Waals surface area contributed by atoms with E-state index in [0.29, 0.717) is 17.8 Å². The summed E-state index contributed by atoms with van der Waals surface area (Å²) in [7, 11) is 1.62. The topological polar surface area (TPSA) is 56.5 Å². The number of ether oxygens (including phenoxy) is 2. The van der Waals surface area contributed by atoms with Crippen molar-refractivity contribution < 1.29 is 14.6 Å². The summed E-state index contributed by atoms with van der Waals surface area (Å²) in [5, 5.41) is 14.8. The van der Waals surface area contributed by atoms with E-state index in [9.17, 15) is 5.11 Å². The van der Waals surface area contributed by atoms with Crippen molar-refractivity contribution in [3.05, 3.63) is 11.9 Å². The summed E-state index contributed by atoms with van der Waals surface area (Å²) in [5.41, 5.74) is 0.794. The minimum absolute atomic E-state index is 0.209. The smallest absolute Gasteiger partial charge is 0.162 e. The third-order valence-electron chi connectivity index (χ3n) is 3.97. The van der Waals surface area contributed by atoms with Crippen molar-refractivity contribution in [2.75, 3.05) is 13.7 Å². The van der Waals surface area contributed by atoms with E-state index in [1.807, 2.05) is 11.6 Å². The molecule has 1 fully saturated rings. The average Bonchev–Trinajstić information content (AvgIpc) is 2.80. The normalized spacial score (nSPS) is 23.7. The standard InChI is InChI=1S/C15H26N2O3/c1-5-20-12-6-11(7-12)8-13(18)15-14(19-4)9-16-17(15)10(2)3/h9-13,18H,5-8H2,1-4H3. The fraction of sp³-hybridized carbons (Fsp3) is 0.800. The second-order valence-electron chi connectivity index (χ2n) is 5.80. The van der Waals surface area contributed by atoms with Crippen molar-refractivity contribution in [2.24, 2.45) is 5.92 Å². The van der Waals surface area contributed by atoms with Gasteiger partial charge in [0.15, 0.2) is 5.75 Å². The van der Waals surface area contributed by atoms with E-state index in [0.717, 1.165) is 31.6 Å². The number of aliphatic hydroxyl groups excluding tert-OH is 1. The number of hydrogen-bond donors (Lipinski definition) is 1. The van der Waals surface area contributed by atoms with E-state index >= 15 is 0 Å². The van der Waals surface area contributed by atoms with Gasteiger partial charge in [0.2, 0.25) is 0 Å². The van der Waals surface area contributed by atoms with Crippen molar-refractivity contribution in [1.29, 1.82) is 0 Å². The third kappa shape index (κ3) is 3.15. The van der Waals surface area contributed by atoms with Gasteiger partial charge in [-0.2, -0.15) is 5.10 Å². The fourth-order valence-electron chi connectivity index (χ4n) is 2.91. The van der Waals surface area contributed by atoms with Gasteiger partial charge in [0, 0.05) is 12.6 Å². The lowest BCUT2D eigenvalue weighted by molar-refractivity contribution is -0.0389. The summed E-state index contributed by atoms with van der Waals surface area (Å²) in [6.45, 7) is 6.90. The zero-order chi connectivity index (χ0) is 14.7. The number of rotatable bonds is 7. The zero-order valence-electron chi connectivity index (χ0n) is 12.9. The van der Waals surface area contributed by atoms with E-state index in [2.05, 4.69) is 18.9 Å². The van der Waals surface area contributed by atoms with E-state index in [1.165, 1.54) is 0 Å². The van der Waals surface area contributed by atoms with Crippen LogP contribution in [0.1, 0.15) is 57.9 Å². The Hall–Kier alpha value is -1.07. The third-order valence-corrected chi connectivity index (χ3v) is 3.97. The SMILES string of the molecule is CCOC1CC(CC(O)c2c(OC)cnn2C(C)C)C1. The molecule has 1 aliphatic rings. The molecule has 1 atom stereocenters. The van der Waals surface area contributed by atoms with Crippen molar-refractivity contribution in [3.8, 4) is 5.75 Å². The molecule has 20 heavy (non-hydrogen) atoms. The molecule has 1 aliphatic carbocycles. The molecule has 1 aromatic heterocycles. The molecule has 1 heterocycles. The number of aromatic nitrogens is 2. The van der Waals surface area contributed by atoms with Gasteiger partial charge < -0.3 is 14.6 Å². The highest BCUT2D eigenvalue weighted by atomic mass is 16.5. The first-order valence-electron chi connectivity index (χ1n) is 7.47. The zero-order valence-corrected chi connectivity index (χ0v) is 12.9. The molecule has 0 bridgehead atoms. The van der Waals surface area contributed by atoms with Crippen molar-refractivity contribution in [3.63, 3.8) is 0 Å². The van der Waals surface area contributed by atoms with Crippen molar-refractivity contribution in [1.82, 2.24) is 9.78 Å². The summed E-state index contributed by atoms with van der Waals surface area (Å²) < 4.78 is 12.7. The molecule has 2 rings (SSSR count). The lowest BCUT2D eigenvalue weighted by Crippen LogP contribution is -2.32. The molecule has 5 heteroatoms. The summed E-state index contributed by atoms with van der Waals surface area (Å²) in [6.07, 6.45) is 4.38. The maximum absolute atomic E-state index is 10.5. The number of nitrogens with zero attached hydrogens (tertiary/aromatic N) is 2. The second-order valence-corrected chi connectivity index (χ2v) is 5.80. The van der Waals surface area contributed by atoms with Gasteiger partial charge in [-0.3, -0.25) is 4.68 Å². The first-order valence-corrected chi connectivity index (χ1v) is 7.47. The van der Waals surface area contributed by atoms with Crippen LogP contribution in [0.2, 0.25) is 0 Å². The average molecular weight is 282 g/mol. The van der Waals surface area contributed by atoms with Gasteiger partial charge in [-0.25, -0.2) is 0 Å². The van der Waals surface area contributed by atoms with Gasteiger partial charge >= 0.3 is 0 Å². The number of hydrogen-bond acceptors (Lipinski definition) is 4. The summed E-state index contributed by atoms with van der Waals surface area (Å²) >= 11 is 0. The minimum atomic E-state index is -0.526. The first-order chi connectivity index (χ1) is 9.56. The number of aliphatic hydroxyl groups is 1. The largest absolute Gasteiger partial charge is 0.493 e. The monoisotopic (exact) mass is 282 g/mol. The van der Waals surface area contributed by atoms with Crippen LogP contribution in [0.25, 0.3) is 0 Å². The fourth-order valence-corrected chi connectivity index (χ4v) is 2.91. The Morgan fingerprint density at radius 1 is 1.45 bits per heavy atom. The minimum Gasteiger partial charge on any atom is -0.493 e. The molecule has 0 aliphatic heterocycles. The van der Waals surface area contributed by atoms with Gasteiger partial charge in [0.05, 0.1) is 25.5 Å². The number of methoxy groups -OCH3 is 1. The summed E-state index contributed by atoms with van der Waals surface area (Å²) in [5.74, 6) is 1.20. The van der Waals surface area contributed by atoms with Crippen molar-refractivity contribution >= 4 is 0 Å². The van der Waals surface area contributed by atoms with Crippen LogP contribution in [0, 0.1) is 5.92 Å². The summed E-state index contributed by atoms with van der Waals surface area (Å²) in [4.78, 5) is 0. The van der Waals surface area contributed by atoms with E-state index in [4.69, 9.17) is 9.47 Å². The Morgan fingerprint density at radius 3 is 2.70 bits per heavy atom. The molecule has 1 unspecified atom stereocenters.